The molecule has 20 heavy (non-hydrogen) atoms. The summed E-state index contributed by atoms with van der Waals surface area (Å²) in [5.74, 6) is -6.14. The Balaban J connectivity index is 2.32. The molecule has 0 spiro atoms. The number of hydrogen-bond acceptors (Lipinski definition) is 3. The zero-order chi connectivity index (χ0) is 15.2. The molecule has 0 amide bonds. The van der Waals surface area contributed by atoms with Crippen LogP contribution in [0.1, 0.15) is 0 Å². The Bertz CT molecular complexity index is 586. The lowest BCUT2D eigenvalue weighted by atomic mass is 10.3. The van der Waals surface area contributed by atoms with Crippen molar-refractivity contribution in [2.45, 2.75) is 21.7 Å². The van der Waals surface area contributed by atoms with Crippen molar-refractivity contribution in [2.24, 2.45) is 0 Å². The van der Waals surface area contributed by atoms with E-state index in [2.05, 4.69) is 4.98 Å². The standard InChI is InChI=1S/C10H4F7NS2/c11-8(12,9(13,14)15)10(16,17)20-7-18-5-3-1-2-4-6(5)19-7/h1-4H. The topological polar surface area (TPSA) is 12.9 Å². The number of hydrogen-bond donors (Lipinski definition) is 0. The minimum Gasteiger partial charge on any atom is -0.229 e. The summed E-state index contributed by atoms with van der Waals surface area (Å²) in [6.45, 7) is 0. The fourth-order valence-electron chi connectivity index (χ4n) is 1.23. The fraction of sp³-hybridized carbons (Fsp3) is 0.300. The highest BCUT2D eigenvalue weighted by Gasteiger charge is 2.73. The highest BCUT2D eigenvalue weighted by atomic mass is 32.2. The van der Waals surface area contributed by atoms with E-state index in [1.54, 1.807) is 12.1 Å². The normalized spacial score (nSPS) is 13.9. The van der Waals surface area contributed by atoms with Crippen LogP contribution in [-0.4, -0.2) is 22.3 Å². The summed E-state index contributed by atoms with van der Waals surface area (Å²) >= 11 is -0.268. The van der Waals surface area contributed by atoms with Crippen LogP contribution in [0, 0.1) is 0 Å². The summed E-state index contributed by atoms with van der Waals surface area (Å²) in [6.07, 6.45) is -6.33. The molecule has 0 radical (unpaired) electrons. The van der Waals surface area contributed by atoms with Crippen LogP contribution in [0.2, 0.25) is 0 Å². The Labute approximate surface area is 115 Å². The molecule has 0 atom stereocenters. The number of aromatic nitrogens is 1. The Kier molecular flexibility index (Phi) is 3.66. The average molecular weight is 335 g/mol. The smallest absolute Gasteiger partial charge is 0.229 e. The zero-order valence-corrected chi connectivity index (χ0v) is 10.9. The maximum Gasteiger partial charge on any atom is 0.460 e. The quantitative estimate of drug-likeness (QED) is 0.566. The molecule has 0 bridgehead atoms. The molecule has 1 nitrogen and oxygen atoms in total. The van der Waals surface area contributed by atoms with Gasteiger partial charge in [0.15, 0.2) is 4.34 Å². The van der Waals surface area contributed by atoms with E-state index in [0.29, 0.717) is 16.0 Å². The van der Waals surface area contributed by atoms with E-state index in [0.717, 1.165) is 0 Å². The van der Waals surface area contributed by atoms with Crippen LogP contribution in [0.5, 0.6) is 0 Å². The van der Waals surface area contributed by atoms with Crippen molar-refractivity contribution in [3.63, 3.8) is 0 Å². The molecular weight excluding hydrogens is 331 g/mol. The van der Waals surface area contributed by atoms with Crippen LogP contribution in [0.15, 0.2) is 28.6 Å². The number of thioether (sulfide) groups is 1. The molecule has 2 aromatic rings. The van der Waals surface area contributed by atoms with E-state index in [4.69, 9.17) is 0 Å². The van der Waals surface area contributed by atoms with E-state index in [1.807, 2.05) is 0 Å². The molecule has 0 saturated heterocycles. The second kappa shape index (κ2) is 4.76. The van der Waals surface area contributed by atoms with Gasteiger partial charge in [-0.25, -0.2) is 4.98 Å². The van der Waals surface area contributed by atoms with Gasteiger partial charge in [0.2, 0.25) is 0 Å². The van der Waals surface area contributed by atoms with E-state index in [1.165, 1.54) is 12.1 Å². The SMILES string of the molecule is FC(F)(F)C(F)(F)C(F)(F)Sc1nc2ccccc2s1. The Hall–Kier alpha value is -1.03. The summed E-state index contributed by atoms with van der Waals surface area (Å²) in [5, 5.41) is -5.33. The van der Waals surface area contributed by atoms with Gasteiger partial charge in [-0.2, -0.15) is 30.7 Å². The zero-order valence-electron chi connectivity index (χ0n) is 9.22. The van der Waals surface area contributed by atoms with Crippen LogP contribution in [-0.2, 0) is 0 Å². The first-order chi connectivity index (χ1) is 9.04. The minimum atomic E-state index is -6.33. The van der Waals surface area contributed by atoms with Crippen LogP contribution >= 0.6 is 23.1 Å². The van der Waals surface area contributed by atoms with Crippen molar-refractivity contribution in [2.75, 3.05) is 0 Å². The number of alkyl halides is 7. The first kappa shape index (κ1) is 15.4. The number of fused-ring (bicyclic) bond motifs is 1. The van der Waals surface area contributed by atoms with E-state index in [9.17, 15) is 30.7 Å². The average Bonchev–Trinajstić information content (AvgIpc) is 2.68. The molecule has 0 aliphatic heterocycles. The molecule has 110 valence electrons. The van der Waals surface area contributed by atoms with Crippen molar-refractivity contribution < 1.29 is 30.7 Å². The first-order valence-electron chi connectivity index (χ1n) is 4.91. The molecule has 0 unspecified atom stereocenters. The summed E-state index contributed by atoms with van der Waals surface area (Å²) in [7, 11) is 0. The van der Waals surface area contributed by atoms with Crippen LogP contribution in [0.4, 0.5) is 30.7 Å². The second-order valence-electron chi connectivity index (χ2n) is 3.64. The van der Waals surface area contributed by atoms with Crippen molar-refractivity contribution in [1.82, 2.24) is 4.98 Å². The molecule has 2 rings (SSSR count). The van der Waals surface area contributed by atoms with Gasteiger partial charge in [-0.15, -0.1) is 11.3 Å². The van der Waals surface area contributed by atoms with Gasteiger partial charge in [-0.1, -0.05) is 12.1 Å². The van der Waals surface area contributed by atoms with E-state index >= 15 is 0 Å². The van der Waals surface area contributed by atoms with Gasteiger partial charge in [0, 0.05) is 0 Å². The Morgan fingerprint density at radius 3 is 2.10 bits per heavy atom. The summed E-state index contributed by atoms with van der Waals surface area (Å²) in [4.78, 5) is 3.59. The number of thiazole rings is 1. The number of benzene rings is 1. The van der Waals surface area contributed by atoms with E-state index in [-0.39, 0.29) is 5.52 Å². The van der Waals surface area contributed by atoms with Crippen molar-refractivity contribution in [1.29, 1.82) is 0 Å². The first-order valence-corrected chi connectivity index (χ1v) is 6.55. The largest absolute Gasteiger partial charge is 0.460 e. The number of para-hydroxylation sites is 1. The lowest BCUT2D eigenvalue weighted by Crippen LogP contribution is -2.49. The van der Waals surface area contributed by atoms with Gasteiger partial charge in [0.1, 0.15) is 0 Å². The third kappa shape index (κ3) is 2.58. The van der Waals surface area contributed by atoms with Gasteiger partial charge in [0.05, 0.1) is 10.2 Å². The number of rotatable bonds is 3. The molecule has 0 saturated carbocycles. The second-order valence-corrected chi connectivity index (χ2v) is 6.03. The van der Waals surface area contributed by atoms with Crippen LogP contribution < -0.4 is 0 Å². The maximum atomic E-state index is 13.2. The molecule has 0 aliphatic carbocycles. The number of halogens is 7. The molecule has 10 heteroatoms. The summed E-state index contributed by atoms with van der Waals surface area (Å²) in [5.41, 5.74) is 0.256. The monoisotopic (exact) mass is 335 g/mol. The van der Waals surface area contributed by atoms with Crippen LogP contribution in [0.25, 0.3) is 10.2 Å². The Morgan fingerprint density at radius 2 is 1.55 bits per heavy atom. The highest BCUT2D eigenvalue weighted by Crippen LogP contribution is 2.54. The van der Waals surface area contributed by atoms with Crippen LogP contribution in [0.3, 0.4) is 0 Å². The lowest BCUT2D eigenvalue weighted by Gasteiger charge is -2.26. The summed E-state index contributed by atoms with van der Waals surface area (Å²) < 4.78 is 87.6. The van der Waals surface area contributed by atoms with Gasteiger partial charge in [0.25, 0.3) is 0 Å². The van der Waals surface area contributed by atoms with Gasteiger partial charge >= 0.3 is 17.4 Å². The lowest BCUT2D eigenvalue weighted by molar-refractivity contribution is -0.330. The molecule has 0 fully saturated rings. The molecule has 1 aromatic carbocycles. The third-order valence-electron chi connectivity index (χ3n) is 2.21. The minimum absolute atomic E-state index is 0.256. The molecule has 0 N–H and O–H groups in total. The Morgan fingerprint density at radius 1 is 0.950 bits per heavy atom. The predicted molar refractivity (Wildman–Crippen MR) is 61.4 cm³/mol. The molecule has 1 aromatic heterocycles. The van der Waals surface area contributed by atoms with Crippen molar-refractivity contribution in [3.8, 4) is 0 Å². The van der Waals surface area contributed by atoms with Gasteiger partial charge < -0.3 is 0 Å². The van der Waals surface area contributed by atoms with Crippen molar-refractivity contribution >= 4 is 33.3 Å². The van der Waals surface area contributed by atoms with E-state index < -0.39 is 33.5 Å². The highest BCUT2D eigenvalue weighted by molar-refractivity contribution is 8.02. The van der Waals surface area contributed by atoms with Gasteiger partial charge in [-0.3, -0.25) is 0 Å². The third-order valence-corrected chi connectivity index (χ3v) is 4.32. The van der Waals surface area contributed by atoms with Gasteiger partial charge in [-0.05, 0) is 23.9 Å². The molecule has 1 heterocycles. The number of nitrogens with zero attached hydrogens (tertiary/aromatic N) is 1. The molecular formula is C10H4F7NS2. The fourth-order valence-corrected chi connectivity index (χ4v) is 3.29. The van der Waals surface area contributed by atoms with Crippen molar-refractivity contribution in [3.05, 3.63) is 24.3 Å². The maximum absolute atomic E-state index is 13.2. The predicted octanol–water partition coefficient (Wildman–Crippen LogP) is 5.18. The summed E-state index contributed by atoms with van der Waals surface area (Å²) in [6, 6.07) is 6.05. The molecule has 0 aliphatic rings.